The van der Waals surface area contributed by atoms with Gasteiger partial charge in [0.05, 0.1) is 0 Å². The largest absolute Gasteiger partial charge is 3.00 e. The van der Waals surface area contributed by atoms with Crippen LogP contribution in [0.15, 0.2) is 0 Å². The molecule has 0 N–H and O–H groups in total. The van der Waals surface area contributed by atoms with Gasteiger partial charge in [-0.05, 0) is 12.8 Å². The molecule has 0 saturated carbocycles. The maximum Gasteiger partial charge on any atom is 3.00 e. The molecule has 0 aliphatic carbocycles. The van der Waals surface area contributed by atoms with E-state index in [0.29, 0.717) is 0 Å². The molecule has 1 heterocycles. The molecular formula is C4H8BF3O. The Hall–Kier alpha value is -0.185. The molecular weight excluding hydrogens is 132 g/mol. The SMILES string of the molecule is C1CCOC1.[B+3].[F-].[F-].[F-]. The molecule has 1 aliphatic rings. The number of hydrogen-bond donors (Lipinski definition) is 0. The summed E-state index contributed by atoms with van der Waals surface area (Å²) in [5, 5.41) is 0. The van der Waals surface area contributed by atoms with Crippen LogP contribution in [0, 0.1) is 0 Å². The van der Waals surface area contributed by atoms with Crippen molar-refractivity contribution in [2.75, 3.05) is 13.2 Å². The van der Waals surface area contributed by atoms with Gasteiger partial charge < -0.3 is 18.9 Å². The van der Waals surface area contributed by atoms with Gasteiger partial charge in [-0.1, -0.05) is 0 Å². The molecule has 0 unspecified atom stereocenters. The van der Waals surface area contributed by atoms with Gasteiger partial charge in [-0.3, -0.25) is 0 Å². The van der Waals surface area contributed by atoms with Crippen LogP contribution < -0.4 is 14.1 Å². The summed E-state index contributed by atoms with van der Waals surface area (Å²) >= 11 is 0. The van der Waals surface area contributed by atoms with Crippen molar-refractivity contribution in [3.05, 3.63) is 0 Å². The van der Waals surface area contributed by atoms with Crippen molar-refractivity contribution < 1.29 is 18.9 Å². The van der Waals surface area contributed by atoms with E-state index in [-0.39, 0.29) is 22.5 Å². The smallest absolute Gasteiger partial charge is 1.00 e. The fourth-order valence-corrected chi connectivity index (χ4v) is 0.510. The van der Waals surface area contributed by atoms with E-state index in [1.54, 1.807) is 0 Å². The fourth-order valence-electron chi connectivity index (χ4n) is 0.510. The van der Waals surface area contributed by atoms with E-state index in [2.05, 4.69) is 0 Å². The maximum atomic E-state index is 4.94. The first-order chi connectivity index (χ1) is 2.50. The van der Waals surface area contributed by atoms with E-state index in [4.69, 9.17) is 4.74 Å². The van der Waals surface area contributed by atoms with E-state index in [9.17, 15) is 0 Å². The zero-order valence-corrected chi connectivity index (χ0v) is 4.95. The third-order valence-corrected chi connectivity index (χ3v) is 0.827. The predicted molar refractivity (Wildman–Crippen MR) is 25.8 cm³/mol. The zero-order valence-electron chi connectivity index (χ0n) is 4.95. The molecule has 1 fully saturated rings. The fraction of sp³-hybridized carbons (Fsp3) is 1.00. The summed E-state index contributed by atoms with van der Waals surface area (Å²) in [5.41, 5.74) is 0. The summed E-state index contributed by atoms with van der Waals surface area (Å²) in [5.74, 6) is 0. The molecule has 0 atom stereocenters. The average molecular weight is 140 g/mol. The Morgan fingerprint density at radius 2 is 1.11 bits per heavy atom. The van der Waals surface area contributed by atoms with Crippen molar-refractivity contribution in [1.82, 2.24) is 0 Å². The molecule has 9 heavy (non-hydrogen) atoms. The molecule has 0 aromatic rings. The van der Waals surface area contributed by atoms with E-state index in [1.807, 2.05) is 0 Å². The zero-order chi connectivity index (χ0) is 3.54. The van der Waals surface area contributed by atoms with Gasteiger partial charge >= 0.3 is 8.41 Å². The second kappa shape index (κ2) is 15.7. The molecule has 5 heteroatoms. The van der Waals surface area contributed by atoms with Crippen LogP contribution in [0.1, 0.15) is 12.8 Å². The number of ether oxygens (including phenoxy) is 1. The first-order valence-corrected chi connectivity index (χ1v) is 2.08. The molecule has 0 amide bonds. The van der Waals surface area contributed by atoms with Crippen LogP contribution in [0.25, 0.3) is 0 Å². The molecule has 0 spiro atoms. The van der Waals surface area contributed by atoms with Crippen molar-refractivity contribution in [3.63, 3.8) is 0 Å². The second-order valence-electron chi connectivity index (χ2n) is 1.32. The van der Waals surface area contributed by atoms with Gasteiger partial charge in [0, 0.05) is 13.2 Å². The van der Waals surface area contributed by atoms with Crippen LogP contribution in [-0.4, -0.2) is 21.6 Å². The summed E-state index contributed by atoms with van der Waals surface area (Å²) in [6.07, 6.45) is 2.56. The maximum absolute atomic E-state index is 4.94. The summed E-state index contributed by atoms with van der Waals surface area (Å²) in [4.78, 5) is 0. The number of halogens is 3. The van der Waals surface area contributed by atoms with Crippen LogP contribution in [-0.2, 0) is 4.74 Å². The molecule has 0 radical (unpaired) electrons. The summed E-state index contributed by atoms with van der Waals surface area (Å²) in [7, 11) is 0. The van der Waals surface area contributed by atoms with Crippen molar-refractivity contribution in [1.29, 1.82) is 0 Å². The van der Waals surface area contributed by atoms with Crippen LogP contribution >= 0.6 is 0 Å². The predicted octanol–water partition coefficient (Wildman–Crippen LogP) is -8.57. The molecule has 0 bridgehead atoms. The molecule has 0 aromatic heterocycles. The third-order valence-electron chi connectivity index (χ3n) is 0.827. The quantitative estimate of drug-likeness (QED) is 0.303. The van der Waals surface area contributed by atoms with Crippen molar-refractivity contribution in [2.45, 2.75) is 12.8 Å². The van der Waals surface area contributed by atoms with E-state index in [1.165, 1.54) is 12.8 Å². The van der Waals surface area contributed by atoms with Crippen LogP contribution in [0.4, 0.5) is 0 Å². The summed E-state index contributed by atoms with van der Waals surface area (Å²) in [6.45, 7) is 2.00. The molecule has 0 aromatic carbocycles. The minimum Gasteiger partial charge on any atom is -1.00 e. The minimum atomic E-state index is 0. The van der Waals surface area contributed by atoms with Crippen LogP contribution in [0.2, 0.25) is 0 Å². The number of rotatable bonds is 0. The monoisotopic (exact) mass is 140 g/mol. The summed E-state index contributed by atoms with van der Waals surface area (Å²) < 4.78 is 4.94. The van der Waals surface area contributed by atoms with Crippen LogP contribution in [0.3, 0.4) is 0 Å². The second-order valence-corrected chi connectivity index (χ2v) is 1.32. The Bertz CT molecular complexity index is 27.4. The average Bonchev–Trinajstić information content (AvgIpc) is 1.76. The summed E-state index contributed by atoms with van der Waals surface area (Å²) in [6, 6.07) is 0. The molecule has 1 aliphatic heterocycles. The van der Waals surface area contributed by atoms with E-state index >= 15 is 0 Å². The van der Waals surface area contributed by atoms with Gasteiger partial charge in [-0.15, -0.1) is 0 Å². The van der Waals surface area contributed by atoms with Gasteiger partial charge in [-0.25, -0.2) is 0 Å². The molecule has 1 saturated heterocycles. The topological polar surface area (TPSA) is 9.23 Å². The van der Waals surface area contributed by atoms with Crippen molar-refractivity contribution >= 4 is 8.41 Å². The Morgan fingerprint density at radius 3 is 1.22 bits per heavy atom. The minimum absolute atomic E-state index is 0. The Balaban J connectivity index is -0.0000000312. The van der Waals surface area contributed by atoms with Gasteiger partial charge in [-0.2, -0.15) is 0 Å². The van der Waals surface area contributed by atoms with E-state index < -0.39 is 0 Å². The normalized spacial score (nSPS) is 13.3. The Kier molecular flexibility index (Phi) is 40.4. The van der Waals surface area contributed by atoms with Crippen LogP contribution in [0.5, 0.6) is 0 Å². The standard InChI is InChI=1S/C4H8O.B.3FH/c1-2-4-5-3-1;;;;/h1-4H2;;3*1H/q;+3;;;/p-3. The first-order valence-electron chi connectivity index (χ1n) is 2.08. The van der Waals surface area contributed by atoms with Crippen molar-refractivity contribution in [3.8, 4) is 0 Å². The first kappa shape index (κ1) is 23.2. The molecule has 1 nitrogen and oxygen atoms in total. The van der Waals surface area contributed by atoms with Gasteiger partial charge in [0.1, 0.15) is 0 Å². The molecule has 54 valence electrons. The molecule has 1 rings (SSSR count). The van der Waals surface area contributed by atoms with Gasteiger partial charge in [0.15, 0.2) is 0 Å². The third kappa shape index (κ3) is 11.4. The van der Waals surface area contributed by atoms with Gasteiger partial charge in [0.25, 0.3) is 0 Å². The van der Waals surface area contributed by atoms with E-state index in [0.717, 1.165) is 13.2 Å². The Morgan fingerprint density at radius 1 is 0.778 bits per heavy atom. The number of hydrogen-bond acceptors (Lipinski definition) is 1. The van der Waals surface area contributed by atoms with Crippen molar-refractivity contribution in [2.24, 2.45) is 0 Å². The Labute approximate surface area is 54.4 Å². The van der Waals surface area contributed by atoms with Gasteiger partial charge in [0.2, 0.25) is 0 Å².